The van der Waals surface area contributed by atoms with Crippen LogP contribution in [0, 0.1) is 45.3 Å². The van der Waals surface area contributed by atoms with E-state index >= 15 is 0 Å². The van der Waals surface area contributed by atoms with Gasteiger partial charge in [0.15, 0.2) is 0 Å². The Bertz CT molecular complexity index is 928. The van der Waals surface area contributed by atoms with Crippen molar-refractivity contribution in [2.75, 3.05) is 14.2 Å². The molecule has 4 unspecified atom stereocenters. The van der Waals surface area contributed by atoms with Gasteiger partial charge < -0.3 is 18.9 Å². The normalized spacial score (nSPS) is 52.0. The van der Waals surface area contributed by atoms with Crippen LogP contribution in [-0.4, -0.2) is 50.2 Å². The molecule has 5 aliphatic carbocycles. The van der Waals surface area contributed by atoms with Gasteiger partial charge in [0, 0.05) is 32.5 Å². The van der Waals surface area contributed by atoms with Gasteiger partial charge in [0.25, 0.3) is 0 Å². The van der Waals surface area contributed by atoms with Crippen LogP contribution < -0.4 is 0 Å². The van der Waals surface area contributed by atoms with Gasteiger partial charge in [-0.3, -0.25) is 4.79 Å². The van der Waals surface area contributed by atoms with E-state index in [1.807, 2.05) is 14.2 Å². The van der Waals surface area contributed by atoms with Crippen molar-refractivity contribution in [3.63, 3.8) is 0 Å². The fraction of sp³-hybridized carbons (Fsp3) is 0.969. The summed E-state index contributed by atoms with van der Waals surface area (Å²) in [5, 5.41) is 0. The minimum atomic E-state index is -0.247. The molecule has 0 amide bonds. The Morgan fingerprint density at radius 1 is 0.919 bits per heavy atom. The molecular formula is C32H52O5. The average molecular weight is 517 g/mol. The predicted molar refractivity (Wildman–Crippen MR) is 143 cm³/mol. The number of rotatable bonds is 5. The number of esters is 1. The topological polar surface area (TPSA) is 54.0 Å². The summed E-state index contributed by atoms with van der Waals surface area (Å²) in [4.78, 5) is 11.9. The van der Waals surface area contributed by atoms with E-state index in [0.29, 0.717) is 28.8 Å². The highest BCUT2D eigenvalue weighted by atomic mass is 16.6. The highest BCUT2D eigenvalue weighted by Crippen LogP contribution is 2.87. The van der Waals surface area contributed by atoms with Gasteiger partial charge in [0.2, 0.25) is 0 Å². The van der Waals surface area contributed by atoms with Crippen molar-refractivity contribution >= 4 is 5.97 Å². The van der Waals surface area contributed by atoms with Crippen LogP contribution in [0.25, 0.3) is 0 Å². The SMILES string of the molecule is CO[C@H]1CC2[C@@H]3CCC4C(C)(C)[C@@H](OC(C)=O)CC[C@@]45CC35CC[C@]2(C)[C@H]1C1CC[C@@H](C(C)(C)OC)O1. The number of fused-ring (bicyclic) bond motifs is 2. The molecule has 0 N–H and O–H groups in total. The highest BCUT2D eigenvalue weighted by molar-refractivity contribution is 5.66. The molecule has 0 bridgehead atoms. The first-order valence-electron chi connectivity index (χ1n) is 15.3. The number of hydrogen-bond acceptors (Lipinski definition) is 5. The van der Waals surface area contributed by atoms with E-state index in [1.165, 1.54) is 44.9 Å². The van der Waals surface area contributed by atoms with Crippen molar-refractivity contribution in [3.05, 3.63) is 0 Å². The van der Waals surface area contributed by atoms with Gasteiger partial charge in [0.05, 0.1) is 23.9 Å². The maximum absolute atomic E-state index is 11.9. The summed E-state index contributed by atoms with van der Waals surface area (Å²) in [6.07, 6.45) is 13.2. The maximum atomic E-state index is 11.9. The summed E-state index contributed by atoms with van der Waals surface area (Å²) in [6, 6.07) is 0. The van der Waals surface area contributed by atoms with Gasteiger partial charge in [-0.05, 0) is 112 Å². The second-order valence-corrected chi connectivity index (χ2v) is 15.4. The second kappa shape index (κ2) is 8.43. The van der Waals surface area contributed by atoms with E-state index in [-0.39, 0.29) is 40.7 Å². The lowest BCUT2D eigenvalue weighted by molar-refractivity contribution is -0.175. The fourth-order valence-corrected chi connectivity index (χ4v) is 11.8. The molecule has 5 heteroatoms. The van der Waals surface area contributed by atoms with Crippen molar-refractivity contribution in [3.8, 4) is 0 Å². The molecule has 6 aliphatic rings. The number of hydrogen-bond donors (Lipinski definition) is 0. The fourth-order valence-electron chi connectivity index (χ4n) is 11.8. The zero-order chi connectivity index (χ0) is 26.6. The van der Waals surface area contributed by atoms with Gasteiger partial charge in [0.1, 0.15) is 6.10 Å². The summed E-state index contributed by atoms with van der Waals surface area (Å²) >= 11 is 0. The predicted octanol–water partition coefficient (Wildman–Crippen LogP) is 6.56. The van der Waals surface area contributed by atoms with Crippen LogP contribution in [0.1, 0.15) is 106 Å². The molecule has 0 radical (unpaired) electrons. The number of carbonyl (C=O) groups excluding carboxylic acids is 1. The van der Waals surface area contributed by atoms with Gasteiger partial charge in [-0.2, -0.15) is 0 Å². The standard InChI is InChI=1S/C32H52O5/c1-19(33)36-25-13-14-32-18-31(32)16-15-30(6)21(20(31)9-11-24(32)28(25,2)3)17-23(34-7)27(30)22-10-12-26(37-22)29(4,5)35-8/h20-27H,9-18H2,1-8H3/t20-,21?,22?,23-,24?,25-,26-,27-,30-,31?,32+/m0/s1. The molecule has 5 saturated carbocycles. The van der Waals surface area contributed by atoms with Crippen LogP contribution in [0.5, 0.6) is 0 Å². The molecule has 0 aromatic rings. The minimum Gasteiger partial charge on any atom is -0.462 e. The largest absolute Gasteiger partial charge is 0.462 e. The molecule has 0 aromatic heterocycles. The summed E-state index contributed by atoms with van der Waals surface area (Å²) in [5.41, 5.74) is 1.07. The summed E-state index contributed by atoms with van der Waals surface area (Å²) in [6.45, 7) is 13.3. The molecule has 11 atom stereocenters. The molecule has 2 spiro atoms. The van der Waals surface area contributed by atoms with E-state index in [4.69, 9.17) is 18.9 Å². The molecule has 1 saturated heterocycles. The Labute approximate surface area is 225 Å². The Hall–Kier alpha value is -0.650. The summed E-state index contributed by atoms with van der Waals surface area (Å²) < 4.78 is 24.8. The zero-order valence-corrected chi connectivity index (χ0v) is 24.7. The smallest absolute Gasteiger partial charge is 0.302 e. The quantitative estimate of drug-likeness (QED) is 0.387. The van der Waals surface area contributed by atoms with Crippen LogP contribution in [-0.2, 0) is 23.7 Å². The van der Waals surface area contributed by atoms with Crippen molar-refractivity contribution in [2.24, 2.45) is 45.3 Å². The number of carbonyl (C=O) groups is 1. The first-order valence-corrected chi connectivity index (χ1v) is 15.3. The van der Waals surface area contributed by atoms with Crippen molar-refractivity contribution < 1.29 is 23.7 Å². The third-order valence-electron chi connectivity index (χ3n) is 13.7. The molecule has 1 aliphatic heterocycles. The third-order valence-corrected chi connectivity index (χ3v) is 13.7. The lowest BCUT2D eigenvalue weighted by Crippen LogP contribution is -2.55. The molecule has 210 valence electrons. The van der Waals surface area contributed by atoms with Crippen LogP contribution in [0.4, 0.5) is 0 Å². The van der Waals surface area contributed by atoms with E-state index in [0.717, 1.165) is 31.1 Å². The number of ether oxygens (including phenoxy) is 4. The molecular weight excluding hydrogens is 464 g/mol. The lowest BCUT2D eigenvalue weighted by atomic mass is 9.46. The van der Waals surface area contributed by atoms with Crippen molar-refractivity contribution in [1.82, 2.24) is 0 Å². The Morgan fingerprint density at radius 2 is 1.68 bits per heavy atom. The van der Waals surface area contributed by atoms with Crippen molar-refractivity contribution in [1.29, 1.82) is 0 Å². The zero-order valence-electron chi connectivity index (χ0n) is 24.7. The first kappa shape index (κ1) is 26.6. The van der Waals surface area contributed by atoms with Gasteiger partial charge in [-0.1, -0.05) is 20.8 Å². The van der Waals surface area contributed by atoms with Crippen LogP contribution in [0.15, 0.2) is 0 Å². The van der Waals surface area contributed by atoms with E-state index in [9.17, 15) is 4.79 Å². The second-order valence-electron chi connectivity index (χ2n) is 15.4. The highest BCUT2D eigenvalue weighted by Gasteiger charge is 2.81. The maximum Gasteiger partial charge on any atom is 0.302 e. The van der Waals surface area contributed by atoms with Gasteiger partial charge >= 0.3 is 5.97 Å². The molecule has 5 nitrogen and oxygen atoms in total. The Kier molecular flexibility index (Phi) is 6.05. The van der Waals surface area contributed by atoms with Crippen LogP contribution in [0.3, 0.4) is 0 Å². The van der Waals surface area contributed by atoms with E-state index in [2.05, 4.69) is 34.6 Å². The van der Waals surface area contributed by atoms with E-state index in [1.54, 1.807) is 6.92 Å². The molecule has 6 fully saturated rings. The Balaban J connectivity index is 1.25. The molecule has 0 aromatic carbocycles. The first-order chi connectivity index (χ1) is 17.4. The minimum absolute atomic E-state index is 0.0628. The Morgan fingerprint density at radius 3 is 2.35 bits per heavy atom. The van der Waals surface area contributed by atoms with Gasteiger partial charge in [-0.25, -0.2) is 0 Å². The summed E-state index contributed by atoms with van der Waals surface area (Å²) in [5.74, 6) is 2.56. The average Bonchev–Trinajstić information content (AvgIpc) is 3.10. The molecule has 1 heterocycles. The summed E-state index contributed by atoms with van der Waals surface area (Å²) in [7, 11) is 3.75. The van der Waals surface area contributed by atoms with E-state index < -0.39 is 0 Å². The van der Waals surface area contributed by atoms with Crippen molar-refractivity contribution in [2.45, 2.75) is 136 Å². The third kappa shape index (κ3) is 3.48. The monoisotopic (exact) mass is 516 g/mol. The van der Waals surface area contributed by atoms with Crippen LogP contribution >= 0.6 is 0 Å². The number of methoxy groups -OCH3 is 2. The molecule has 37 heavy (non-hydrogen) atoms. The van der Waals surface area contributed by atoms with Gasteiger partial charge in [-0.15, -0.1) is 0 Å². The molecule has 6 rings (SSSR count). The lowest BCUT2D eigenvalue weighted by Gasteiger charge is -2.59. The van der Waals surface area contributed by atoms with Crippen LogP contribution in [0.2, 0.25) is 0 Å².